The summed E-state index contributed by atoms with van der Waals surface area (Å²) in [5, 5.41) is 0. The van der Waals surface area contributed by atoms with Crippen molar-refractivity contribution in [3.05, 3.63) is 24.8 Å². The molecule has 0 N–H and O–H groups in total. The van der Waals surface area contributed by atoms with E-state index in [2.05, 4.69) is 13.2 Å². The standard InChI is InChI=1S/C12H20O5/c1-6-7-15-8-9(2)12(13)17-11(4)16-10(3)14-5/h6,10-11H,1-2,7-8H2,3-5H3. The van der Waals surface area contributed by atoms with Gasteiger partial charge in [0.05, 0.1) is 18.8 Å². The van der Waals surface area contributed by atoms with Crippen LogP contribution in [0.5, 0.6) is 0 Å². The van der Waals surface area contributed by atoms with Crippen molar-refractivity contribution >= 4 is 5.97 Å². The first-order chi connectivity index (χ1) is 8.01. The average molecular weight is 244 g/mol. The van der Waals surface area contributed by atoms with Crippen LogP contribution in [0.25, 0.3) is 0 Å². The lowest BCUT2D eigenvalue weighted by molar-refractivity contribution is -0.220. The van der Waals surface area contributed by atoms with Gasteiger partial charge in [0, 0.05) is 7.11 Å². The second kappa shape index (κ2) is 8.92. The molecule has 0 fully saturated rings. The normalized spacial score (nSPS) is 13.8. The number of esters is 1. The maximum absolute atomic E-state index is 11.5. The molecule has 0 radical (unpaired) electrons. The third-order valence-electron chi connectivity index (χ3n) is 1.79. The van der Waals surface area contributed by atoms with Gasteiger partial charge in [0.25, 0.3) is 0 Å². The van der Waals surface area contributed by atoms with E-state index in [1.807, 2.05) is 0 Å². The first-order valence-corrected chi connectivity index (χ1v) is 5.26. The van der Waals surface area contributed by atoms with Crippen LogP contribution in [0.3, 0.4) is 0 Å². The Kier molecular flexibility index (Phi) is 8.31. The van der Waals surface area contributed by atoms with Crippen molar-refractivity contribution < 1.29 is 23.7 Å². The number of rotatable bonds is 9. The molecule has 0 saturated carbocycles. The summed E-state index contributed by atoms with van der Waals surface area (Å²) in [6.07, 6.45) is 0.446. The number of methoxy groups -OCH3 is 1. The number of ether oxygens (including phenoxy) is 4. The summed E-state index contributed by atoms with van der Waals surface area (Å²) in [6, 6.07) is 0. The molecule has 0 rings (SSSR count). The van der Waals surface area contributed by atoms with Gasteiger partial charge in [-0.05, 0) is 13.8 Å². The molecule has 0 aliphatic heterocycles. The Balaban J connectivity index is 3.90. The molecule has 0 bridgehead atoms. The predicted molar refractivity (Wildman–Crippen MR) is 63.3 cm³/mol. The maximum atomic E-state index is 11.5. The molecule has 17 heavy (non-hydrogen) atoms. The summed E-state index contributed by atoms with van der Waals surface area (Å²) < 4.78 is 20.1. The van der Waals surface area contributed by atoms with Crippen molar-refractivity contribution in [2.45, 2.75) is 26.4 Å². The fourth-order valence-electron chi connectivity index (χ4n) is 0.912. The average Bonchev–Trinajstić information content (AvgIpc) is 2.28. The number of hydrogen-bond donors (Lipinski definition) is 0. The minimum Gasteiger partial charge on any atom is -0.433 e. The van der Waals surface area contributed by atoms with Crippen LogP contribution in [0.15, 0.2) is 24.8 Å². The Bertz CT molecular complexity index is 262. The molecule has 2 atom stereocenters. The molecule has 5 heteroatoms. The van der Waals surface area contributed by atoms with Gasteiger partial charge in [-0.1, -0.05) is 12.7 Å². The summed E-state index contributed by atoms with van der Waals surface area (Å²) in [5.74, 6) is -0.551. The summed E-state index contributed by atoms with van der Waals surface area (Å²) in [7, 11) is 1.50. The van der Waals surface area contributed by atoms with Crippen LogP contribution in [0.4, 0.5) is 0 Å². The van der Waals surface area contributed by atoms with Gasteiger partial charge in [-0.2, -0.15) is 0 Å². The van der Waals surface area contributed by atoms with E-state index in [0.29, 0.717) is 6.61 Å². The number of carbonyl (C=O) groups is 1. The van der Waals surface area contributed by atoms with Gasteiger partial charge in [-0.25, -0.2) is 4.79 Å². The molecule has 5 nitrogen and oxygen atoms in total. The molecule has 0 aromatic rings. The van der Waals surface area contributed by atoms with Gasteiger partial charge in [0.2, 0.25) is 6.29 Å². The van der Waals surface area contributed by atoms with Gasteiger partial charge in [0.15, 0.2) is 6.29 Å². The maximum Gasteiger partial charge on any atom is 0.338 e. The molecule has 0 aromatic carbocycles. The smallest absolute Gasteiger partial charge is 0.338 e. The van der Waals surface area contributed by atoms with E-state index in [1.54, 1.807) is 19.9 Å². The molecule has 0 heterocycles. The SMILES string of the molecule is C=CCOCC(=C)C(=O)OC(C)OC(C)OC. The Hall–Kier alpha value is -1.17. The second-order valence-electron chi connectivity index (χ2n) is 3.32. The molecule has 0 spiro atoms. The highest BCUT2D eigenvalue weighted by atomic mass is 16.8. The van der Waals surface area contributed by atoms with Crippen LogP contribution < -0.4 is 0 Å². The van der Waals surface area contributed by atoms with Gasteiger partial charge in [-0.3, -0.25) is 0 Å². The van der Waals surface area contributed by atoms with E-state index in [9.17, 15) is 4.79 Å². The zero-order valence-corrected chi connectivity index (χ0v) is 10.6. The summed E-state index contributed by atoms with van der Waals surface area (Å²) >= 11 is 0. The Labute approximate surface area is 102 Å². The number of carbonyl (C=O) groups excluding carboxylic acids is 1. The molecule has 98 valence electrons. The summed E-state index contributed by atoms with van der Waals surface area (Å²) in [5.41, 5.74) is 0.229. The molecule has 2 unspecified atom stereocenters. The molecule has 0 aromatic heterocycles. The Morgan fingerprint density at radius 2 is 2.00 bits per heavy atom. The first kappa shape index (κ1) is 15.8. The van der Waals surface area contributed by atoms with Crippen LogP contribution in [-0.4, -0.2) is 38.9 Å². The molecular formula is C12H20O5. The molecule has 0 aliphatic rings. The quantitative estimate of drug-likeness (QED) is 0.203. The highest BCUT2D eigenvalue weighted by Crippen LogP contribution is 2.04. The minimum atomic E-state index is -0.700. The predicted octanol–water partition coefficient (Wildman–Crippen LogP) is 1.64. The van der Waals surface area contributed by atoms with Gasteiger partial charge >= 0.3 is 5.97 Å². The summed E-state index contributed by atoms with van der Waals surface area (Å²) in [6.45, 7) is 10.8. The molecule has 0 saturated heterocycles. The Morgan fingerprint density at radius 3 is 2.53 bits per heavy atom. The zero-order chi connectivity index (χ0) is 13.3. The van der Waals surface area contributed by atoms with E-state index in [-0.39, 0.29) is 12.2 Å². The highest BCUT2D eigenvalue weighted by Gasteiger charge is 2.15. The van der Waals surface area contributed by atoms with E-state index in [4.69, 9.17) is 18.9 Å². The van der Waals surface area contributed by atoms with Crippen molar-refractivity contribution in [2.24, 2.45) is 0 Å². The van der Waals surface area contributed by atoms with Crippen molar-refractivity contribution in [1.82, 2.24) is 0 Å². The van der Waals surface area contributed by atoms with Crippen molar-refractivity contribution in [3.8, 4) is 0 Å². The third kappa shape index (κ3) is 7.68. The second-order valence-corrected chi connectivity index (χ2v) is 3.32. The largest absolute Gasteiger partial charge is 0.433 e. The molecule has 0 aliphatic carbocycles. The van der Waals surface area contributed by atoms with Gasteiger partial charge in [0.1, 0.15) is 0 Å². The van der Waals surface area contributed by atoms with Crippen molar-refractivity contribution in [2.75, 3.05) is 20.3 Å². The van der Waals surface area contributed by atoms with Crippen LogP contribution >= 0.6 is 0 Å². The Morgan fingerprint density at radius 1 is 1.35 bits per heavy atom. The van der Waals surface area contributed by atoms with E-state index >= 15 is 0 Å². The summed E-state index contributed by atoms with van der Waals surface area (Å²) in [4.78, 5) is 11.5. The van der Waals surface area contributed by atoms with Crippen molar-refractivity contribution in [1.29, 1.82) is 0 Å². The van der Waals surface area contributed by atoms with Gasteiger partial charge in [-0.15, -0.1) is 6.58 Å². The lowest BCUT2D eigenvalue weighted by atomic mass is 10.3. The fourth-order valence-corrected chi connectivity index (χ4v) is 0.912. The van der Waals surface area contributed by atoms with Gasteiger partial charge < -0.3 is 18.9 Å². The monoisotopic (exact) mass is 244 g/mol. The van der Waals surface area contributed by atoms with E-state index in [0.717, 1.165) is 0 Å². The lowest BCUT2D eigenvalue weighted by Gasteiger charge is -2.18. The zero-order valence-electron chi connectivity index (χ0n) is 10.6. The molecule has 0 amide bonds. The topological polar surface area (TPSA) is 54.0 Å². The highest BCUT2D eigenvalue weighted by molar-refractivity contribution is 5.88. The van der Waals surface area contributed by atoms with Crippen LogP contribution in [0.1, 0.15) is 13.8 Å². The van der Waals surface area contributed by atoms with E-state index < -0.39 is 18.5 Å². The van der Waals surface area contributed by atoms with Crippen LogP contribution in [0, 0.1) is 0 Å². The number of hydrogen-bond acceptors (Lipinski definition) is 5. The van der Waals surface area contributed by atoms with Crippen LogP contribution in [0.2, 0.25) is 0 Å². The third-order valence-corrected chi connectivity index (χ3v) is 1.79. The van der Waals surface area contributed by atoms with Crippen molar-refractivity contribution in [3.63, 3.8) is 0 Å². The lowest BCUT2D eigenvalue weighted by Crippen LogP contribution is -2.25. The molecular weight excluding hydrogens is 224 g/mol. The van der Waals surface area contributed by atoms with Crippen LogP contribution in [-0.2, 0) is 23.7 Å². The minimum absolute atomic E-state index is 0.109. The fraction of sp³-hybridized carbons (Fsp3) is 0.583. The first-order valence-electron chi connectivity index (χ1n) is 5.26. The van der Waals surface area contributed by atoms with E-state index in [1.165, 1.54) is 7.11 Å².